The van der Waals surface area contributed by atoms with Gasteiger partial charge in [-0.05, 0) is 13.8 Å². The van der Waals surface area contributed by atoms with Gasteiger partial charge < -0.3 is 15.8 Å². The summed E-state index contributed by atoms with van der Waals surface area (Å²) < 4.78 is 5.66. The lowest BCUT2D eigenvalue weighted by Gasteiger charge is -2.35. The molecule has 0 aromatic rings. The monoisotopic (exact) mass is 201 g/mol. The summed E-state index contributed by atoms with van der Waals surface area (Å²) in [5.74, 6) is 0. The van der Waals surface area contributed by atoms with E-state index in [0.29, 0.717) is 18.7 Å². The van der Waals surface area contributed by atoms with Crippen LogP contribution in [0.25, 0.3) is 0 Å². The molecule has 1 atom stereocenters. The zero-order chi connectivity index (χ0) is 10.4. The molecule has 84 valence electrons. The van der Waals surface area contributed by atoms with Crippen molar-refractivity contribution in [2.24, 2.45) is 5.73 Å². The Hall–Kier alpha value is -0.160. The van der Waals surface area contributed by atoms with Crippen LogP contribution in [0.5, 0.6) is 0 Å². The van der Waals surface area contributed by atoms with Crippen LogP contribution in [0.4, 0.5) is 0 Å². The molecule has 1 heterocycles. The summed E-state index contributed by atoms with van der Waals surface area (Å²) in [4.78, 5) is 2.46. The summed E-state index contributed by atoms with van der Waals surface area (Å²) >= 11 is 0. The van der Waals surface area contributed by atoms with Gasteiger partial charge in [0.2, 0.25) is 0 Å². The van der Waals surface area contributed by atoms with Gasteiger partial charge in [-0.1, -0.05) is 0 Å². The van der Waals surface area contributed by atoms with E-state index in [1.54, 1.807) is 0 Å². The Labute approximate surface area is 86.8 Å². The number of nitrogens with zero attached hydrogens (tertiary/aromatic N) is 1. The van der Waals surface area contributed by atoms with Crippen LogP contribution < -0.4 is 11.1 Å². The summed E-state index contributed by atoms with van der Waals surface area (Å²) in [5, 5.41) is 3.29. The molecule has 1 rings (SSSR count). The highest BCUT2D eigenvalue weighted by Gasteiger charge is 2.21. The summed E-state index contributed by atoms with van der Waals surface area (Å²) in [5.41, 5.74) is 5.41. The maximum absolute atomic E-state index is 5.66. The van der Waals surface area contributed by atoms with E-state index >= 15 is 0 Å². The van der Waals surface area contributed by atoms with Crippen molar-refractivity contribution >= 4 is 0 Å². The maximum Gasteiger partial charge on any atom is 0.0826 e. The van der Waals surface area contributed by atoms with E-state index in [2.05, 4.69) is 24.1 Å². The van der Waals surface area contributed by atoms with E-state index < -0.39 is 0 Å². The van der Waals surface area contributed by atoms with Crippen molar-refractivity contribution in [1.29, 1.82) is 0 Å². The zero-order valence-corrected chi connectivity index (χ0v) is 9.33. The molecule has 1 aliphatic heterocycles. The standard InChI is InChI=1S/C10H23N3O/c1-9(2)13-5-6-14-10(8-13)7-12-4-3-11/h9-10,12H,3-8,11H2,1-2H3. The molecule has 1 fully saturated rings. The Morgan fingerprint density at radius 1 is 1.57 bits per heavy atom. The molecule has 1 unspecified atom stereocenters. The Kier molecular flexibility index (Phi) is 5.40. The van der Waals surface area contributed by atoms with Gasteiger partial charge in [-0.2, -0.15) is 0 Å². The SMILES string of the molecule is CC(C)N1CCOC(CNCCN)C1. The van der Waals surface area contributed by atoms with Crippen molar-refractivity contribution < 1.29 is 4.74 Å². The van der Waals surface area contributed by atoms with Crippen molar-refractivity contribution in [2.75, 3.05) is 39.3 Å². The summed E-state index contributed by atoms with van der Waals surface area (Å²) in [6.45, 7) is 9.90. The van der Waals surface area contributed by atoms with Crippen LogP contribution in [0.2, 0.25) is 0 Å². The number of rotatable bonds is 5. The minimum Gasteiger partial charge on any atom is -0.374 e. The third-order valence-electron chi connectivity index (χ3n) is 2.59. The van der Waals surface area contributed by atoms with Gasteiger partial charge in [0.05, 0.1) is 12.7 Å². The lowest BCUT2D eigenvalue weighted by molar-refractivity contribution is -0.0369. The van der Waals surface area contributed by atoms with Crippen molar-refractivity contribution in [3.8, 4) is 0 Å². The molecule has 0 amide bonds. The highest BCUT2D eigenvalue weighted by atomic mass is 16.5. The predicted octanol–water partition coefficient (Wildman–Crippen LogP) is -0.356. The van der Waals surface area contributed by atoms with Crippen LogP contribution >= 0.6 is 0 Å². The minimum atomic E-state index is 0.331. The van der Waals surface area contributed by atoms with E-state index in [1.807, 2.05) is 0 Å². The fourth-order valence-electron chi connectivity index (χ4n) is 1.70. The molecular weight excluding hydrogens is 178 g/mol. The lowest BCUT2D eigenvalue weighted by atomic mass is 10.2. The van der Waals surface area contributed by atoms with Gasteiger partial charge in [0.15, 0.2) is 0 Å². The number of hydrogen-bond donors (Lipinski definition) is 2. The van der Waals surface area contributed by atoms with Crippen LogP contribution in [0, 0.1) is 0 Å². The second-order valence-corrected chi connectivity index (χ2v) is 4.07. The van der Waals surface area contributed by atoms with Crippen LogP contribution in [0.3, 0.4) is 0 Å². The Balaban J connectivity index is 2.19. The average molecular weight is 201 g/mol. The first-order valence-corrected chi connectivity index (χ1v) is 5.50. The second-order valence-electron chi connectivity index (χ2n) is 4.07. The molecule has 0 spiro atoms. The Morgan fingerprint density at radius 3 is 3.00 bits per heavy atom. The van der Waals surface area contributed by atoms with E-state index in [0.717, 1.165) is 32.8 Å². The highest BCUT2D eigenvalue weighted by molar-refractivity contribution is 4.75. The minimum absolute atomic E-state index is 0.331. The molecular formula is C10H23N3O. The van der Waals surface area contributed by atoms with E-state index in [9.17, 15) is 0 Å². The molecule has 0 aromatic carbocycles. The van der Waals surface area contributed by atoms with E-state index in [4.69, 9.17) is 10.5 Å². The van der Waals surface area contributed by atoms with Gasteiger partial charge in [-0.3, -0.25) is 4.90 Å². The van der Waals surface area contributed by atoms with Crippen molar-refractivity contribution in [1.82, 2.24) is 10.2 Å². The van der Waals surface area contributed by atoms with Gasteiger partial charge in [-0.25, -0.2) is 0 Å². The van der Waals surface area contributed by atoms with Gasteiger partial charge in [0, 0.05) is 38.8 Å². The van der Waals surface area contributed by atoms with Gasteiger partial charge in [0.1, 0.15) is 0 Å². The fraction of sp³-hybridized carbons (Fsp3) is 1.00. The first-order chi connectivity index (χ1) is 6.74. The third kappa shape index (κ3) is 3.92. The van der Waals surface area contributed by atoms with Crippen LogP contribution in [0.15, 0.2) is 0 Å². The third-order valence-corrected chi connectivity index (χ3v) is 2.59. The fourth-order valence-corrected chi connectivity index (χ4v) is 1.70. The number of ether oxygens (including phenoxy) is 1. The van der Waals surface area contributed by atoms with Crippen LogP contribution in [-0.2, 0) is 4.74 Å². The molecule has 0 bridgehead atoms. The van der Waals surface area contributed by atoms with E-state index in [-0.39, 0.29) is 0 Å². The molecule has 1 saturated heterocycles. The van der Waals surface area contributed by atoms with Crippen molar-refractivity contribution in [2.45, 2.75) is 26.0 Å². The zero-order valence-electron chi connectivity index (χ0n) is 9.33. The van der Waals surface area contributed by atoms with Gasteiger partial charge in [0.25, 0.3) is 0 Å². The summed E-state index contributed by atoms with van der Waals surface area (Å²) in [6, 6.07) is 0.621. The van der Waals surface area contributed by atoms with Crippen molar-refractivity contribution in [3.63, 3.8) is 0 Å². The first-order valence-electron chi connectivity index (χ1n) is 5.50. The van der Waals surface area contributed by atoms with Gasteiger partial charge >= 0.3 is 0 Å². The second kappa shape index (κ2) is 6.35. The van der Waals surface area contributed by atoms with Crippen LogP contribution in [-0.4, -0.2) is 56.4 Å². The Bertz CT molecular complexity index is 152. The molecule has 14 heavy (non-hydrogen) atoms. The average Bonchev–Trinajstić information content (AvgIpc) is 2.19. The summed E-state index contributed by atoms with van der Waals surface area (Å²) in [6.07, 6.45) is 0.331. The number of hydrogen-bond acceptors (Lipinski definition) is 4. The van der Waals surface area contributed by atoms with Crippen LogP contribution in [0.1, 0.15) is 13.8 Å². The Morgan fingerprint density at radius 2 is 2.36 bits per heavy atom. The molecule has 0 saturated carbocycles. The molecule has 0 aromatic heterocycles. The lowest BCUT2D eigenvalue weighted by Crippen LogP contribution is -2.49. The van der Waals surface area contributed by atoms with E-state index in [1.165, 1.54) is 0 Å². The first kappa shape index (κ1) is 11.9. The largest absolute Gasteiger partial charge is 0.374 e. The predicted molar refractivity (Wildman–Crippen MR) is 58.4 cm³/mol. The quantitative estimate of drug-likeness (QED) is 0.597. The highest BCUT2D eigenvalue weighted by Crippen LogP contribution is 2.07. The molecule has 4 nitrogen and oxygen atoms in total. The van der Waals surface area contributed by atoms with Crippen molar-refractivity contribution in [3.05, 3.63) is 0 Å². The normalized spacial score (nSPS) is 24.4. The summed E-state index contributed by atoms with van der Waals surface area (Å²) in [7, 11) is 0. The molecule has 0 radical (unpaired) electrons. The molecule has 3 N–H and O–H groups in total. The number of nitrogens with two attached hydrogens (primary N) is 1. The maximum atomic E-state index is 5.66. The molecule has 4 heteroatoms. The molecule has 1 aliphatic rings. The number of nitrogens with one attached hydrogen (secondary N) is 1. The topological polar surface area (TPSA) is 50.5 Å². The molecule has 0 aliphatic carbocycles. The van der Waals surface area contributed by atoms with Gasteiger partial charge in [-0.15, -0.1) is 0 Å². The smallest absolute Gasteiger partial charge is 0.0826 e. The number of morpholine rings is 1.